The monoisotopic (exact) mass is 1050 g/mol. The predicted octanol–water partition coefficient (Wildman–Crippen LogP) is -4.20. The van der Waals surface area contributed by atoms with E-state index < -0.39 is 126 Å². The van der Waals surface area contributed by atoms with Crippen molar-refractivity contribution in [2.24, 2.45) is 16.9 Å². The lowest BCUT2D eigenvalue weighted by Crippen LogP contribution is -2.52. The van der Waals surface area contributed by atoms with Crippen LogP contribution in [0.1, 0.15) is 46.3 Å². The number of nitrogens with zero attached hydrogens (tertiary/aromatic N) is 4. The summed E-state index contributed by atoms with van der Waals surface area (Å²) >= 11 is 0.733. The zero-order valence-electron chi connectivity index (χ0n) is 36.3. The van der Waals surface area contributed by atoms with E-state index in [0.717, 1.165) is 29.0 Å². The van der Waals surface area contributed by atoms with Crippen LogP contribution in [0.3, 0.4) is 0 Å². The molecule has 36 heteroatoms. The summed E-state index contributed by atoms with van der Waals surface area (Å²) in [6.45, 7) is 0.962. The van der Waals surface area contributed by atoms with Gasteiger partial charge in [-0.05, 0) is 13.3 Å². The minimum atomic E-state index is -5.63. The summed E-state index contributed by atoms with van der Waals surface area (Å²) in [5.74, 6) is -4.35. The fourth-order valence-corrected chi connectivity index (χ4v) is 9.27. The molecule has 3 rings (SSSR count). The maximum atomic E-state index is 12.7. The van der Waals surface area contributed by atoms with Crippen LogP contribution in [-0.2, 0) is 65.1 Å². The number of carbonyl (C=O) groups is 6. The number of phosphoric ester groups is 3. The molecule has 0 aliphatic carbocycles. The number of carboxylic acid groups (broad SMARTS) is 1. The summed E-state index contributed by atoms with van der Waals surface area (Å²) in [5.41, 5.74) is 15.1. The summed E-state index contributed by atoms with van der Waals surface area (Å²) < 4.78 is 62.2. The number of rotatable bonds is 28. The number of hydrogen-bond acceptors (Lipinski definition) is 23. The quantitative estimate of drug-likeness (QED) is 0.0284. The van der Waals surface area contributed by atoms with Crippen molar-refractivity contribution in [2.45, 2.75) is 88.8 Å². The molecule has 1 saturated heterocycles. The zero-order chi connectivity index (χ0) is 51.4. The molecule has 0 spiro atoms. The van der Waals surface area contributed by atoms with Gasteiger partial charge in [0.05, 0.1) is 19.5 Å². The number of amides is 4. The van der Waals surface area contributed by atoms with E-state index in [0.29, 0.717) is 0 Å². The Bertz CT molecular complexity index is 2270. The van der Waals surface area contributed by atoms with Crippen molar-refractivity contribution in [3.63, 3.8) is 0 Å². The number of carboxylic acids is 1. The first-order valence-electron chi connectivity index (χ1n) is 19.8. The van der Waals surface area contributed by atoms with Crippen molar-refractivity contribution in [3.05, 3.63) is 12.7 Å². The van der Waals surface area contributed by atoms with Gasteiger partial charge in [0, 0.05) is 43.6 Å². The number of carbonyl (C=O) groups excluding carboxylic acids is 5. The number of thioether (sulfide) groups is 1. The van der Waals surface area contributed by atoms with E-state index in [9.17, 15) is 72.2 Å². The van der Waals surface area contributed by atoms with Crippen molar-refractivity contribution >= 4 is 86.9 Å². The number of imidazole rings is 1. The highest BCUT2D eigenvalue weighted by Crippen LogP contribution is 2.61. The van der Waals surface area contributed by atoms with Crippen molar-refractivity contribution in [1.82, 2.24) is 40.8 Å². The molecule has 1 fully saturated rings. The van der Waals surface area contributed by atoms with Crippen LogP contribution in [0.5, 0.6) is 0 Å². The molecule has 2 aromatic heterocycles. The second-order valence-corrected chi connectivity index (χ2v) is 20.6. The van der Waals surface area contributed by atoms with E-state index in [1.807, 2.05) is 0 Å². The molecule has 2 unspecified atom stereocenters. The molecular formula is C32H54N11O21P3S. The average Bonchev–Trinajstić information content (AvgIpc) is 3.81. The third-order valence-electron chi connectivity index (χ3n) is 9.35. The van der Waals surface area contributed by atoms with E-state index >= 15 is 0 Å². The van der Waals surface area contributed by atoms with Crippen LogP contribution in [0.4, 0.5) is 5.82 Å². The van der Waals surface area contributed by atoms with Crippen LogP contribution in [-0.4, -0.2) is 170 Å². The molecule has 0 bridgehead atoms. The van der Waals surface area contributed by atoms with Gasteiger partial charge in [-0.2, -0.15) is 4.31 Å². The summed E-state index contributed by atoms with van der Waals surface area (Å²) in [6, 6.07) is -3.51. The largest absolute Gasteiger partial charge is 0.481 e. The average molecular weight is 1050 g/mol. The SMILES string of the molecule is C[C@@H](NC(=O)CC[C@@H](N)C(=O)O)C(=O)N[C@@H](CN)C(=O)SCCNC(=O)CCNC(=O)[C@H](O)C(C)(C)COP(=O)(O)OP(=O)(O)OC[C@H]1O[C@@H](n2cnc3c(N)ncnc32)[C@H](O)[C@@H]1OP(=O)(O)O. The number of nitrogen functional groups attached to an aromatic ring is 1. The molecule has 3 heterocycles. The van der Waals surface area contributed by atoms with E-state index in [1.54, 1.807) is 0 Å². The van der Waals surface area contributed by atoms with Gasteiger partial charge >= 0.3 is 29.4 Å². The Balaban J connectivity index is 1.41. The molecule has 384 valence electrons. The van der Waals surface area contributed by atoms with Crippen molar-refractivity contribution in [1.29, 1.82) is 0 Å². The van der Waals surface area contributed by atoms with Crippen LogP contribution in [0.25, 0.3) is 11.2 Å². The Morgan fingerprint density at radius 1 is 0.956 bits per heavy atom. The molecule has 2 aromatic rings. The van der Waals surface area contributed by atoms with E-state index in [2.05, 4.69) is 45.1 Å². The normalized spacial score (nSPS) is 21.1. The lowest BCUT2D eigenvalue weighted by atomic mass is 9.87. The van der Waals surface area contributed by atoms with Gasteiger partial charge in [0.25, 0.3) is 0 Å². The maximum Gasteiger partial charge on any atom is 0.481 e. The molecule has 10 atom stereocenters. The molecule has 0 radical (unpaired) electrons. The Kier molecular flexibility index (Phi) is 21.5. The Hall–Kier alpha value is -4.11. The van der Waals surface area contributed by atoms with Crippen LogP contribution >= 0.6 is 35.2 Å². The number of aliphatic hydroxyl groups excluding tert-OH is 2. The molecule has 0 aromatic carbocycles. The number of nitrogens with one attached hydrogen (secondary N) is 4. The van der Waals surface area contributed by atoms with E-state index in [1.165, 1.54) is 20.8 Å². The van der Waals surface area contributed by atoms with Gasteiger partial charge in [0.15, 0.2) is 17.7 Å². The minimum Gasteiger partial charge on any atom is -0.480 e. The topological polar surface area (TPSA) is 511 Å². The fraction of sp³-hybridized carbons (Fsp3) is 0.656. The Labute approximate surface area is 389 Å². The van der Waals surface area contributed by atoms with Crippen LogP contribution in [0, 0.1) is 5.41 Å². The zero-order valence-corrected chi connectivity index (χ0v) is 39.8. The number of hydrogen-bond donors (Lipinski definition) is 14. The number of anilines is 1. The van der Waals surface area contributed by atoms with Crippen molar-refractivity contribution in [2.75, 3.05) is 44.3 Å². The number of aliphatic carboxylic acids is 1. The van der Waals surface area contributed by atoms with Gasteiger partial charge in [-0.1, -0.05) is 25.6 Å². The highest BCUT2D eigenvalue weighted by atomic mass is 32.2. The highest BCUT2D eigenvalue weighted by Gasteiger charge is 2.50. The van der Waals surface area contributed by atoms with E-state index in [4.69, 9.17) is 36.1 Å². The van der Waals surface area contributed by atoms with Gasteiger partial charge in [-0.3, -0.25) is 46.9 Å². The van der Waals surface area contributed by atoms with Crippen LogP contribution in [0.2, 0.25) is 0 Å². The number of aliphatic hydroxyl groups is 2. The predicted molar refractivity (Wildman–Crippen MR) is 231 cm³/mol. The van der Waals surface area contributed by atoms with Crippen LogP contribution < -0.4 is 38.5 Å². The number of aromatic nitrogens is 4. The second kappa shape index (κ2) is 25.1. The third-order valence-corrected chi connectivity index (χ3v) is 13.4. The first-order valence-corrected chi connectivity index (χ1v) is 25.3. The van der Waals surface area contributed by atoms with Crippen molar-refractivity contribution in [3.8, 4) is 0 Å². The summed E-state index contributed by atoms with van der Waals surface area (Å²) in [4.78, 5) is 124. The first-order chi connectivity index (χ1) is 31.5. The number of ether oxygens (including phenoxy) is 1. The highest BCUT2D eigenvalue weighted by molar-refractivity contribution is 8.13. The summed E-state index contributed by atoms with van der Waals surface area (Å²) in [6.07, 6.45) is -7.75. The molecule has 1 aliphatic heterocycles. The molecule has 1 aliphatic rings. The Morgan fingerprint density at radius 3 is 2.25 bits per heavy atom. The Morgan fingerprint density at radius 2 is 1.62 bits per heavy atom. The van der Waals surface area contributed by atoms with Gasteiger partial charge in [-0.15, -0.1) is 0 Å². The number of phosphoric acid groups is 3. The maximum absolute atomic E-state index is 12.7. The molecule has 17 N–H and O–H groups in total. The van der Waals surface area contributed by atoms with Gasteiger partial charge in [-0.25, -0.2) is 28.6 Å². The molecule has 0 saturated carbocycles. The third kappa shape index (κ3) is 18.0. The smallest absolute Gasteiger partial charge is 0.480 e. The molecule has 68 heavy (non-hydrogen) atoms. The lowest BCUT2D eigenvalue weighted by Gasteiger charge is -2.30. The van der Waals surface area contributed by atoms with Crippen LogP contribution in [0.15, 0.2) is 12.7 Å². The number of fused-ring (bicyclic) bond motifs is 1. The fourth-order valence-electron chi connectivity index (χ4n) is 5.68. The minimum absolute atomic E-state index is 0.00528. The van der Waals surface area contributed by atoms with Gasteiger partial charge in [0.1, 0.15) is 54.4 Å². The molecular weight excluding hydrogens is 999 g/mol. The molecule has 4 amide bonds. The van der Waals surface area contributed by atoms with Gasteiger partial charge < -0.3 is 78.1 Å². The standard InChI is InChI=1S/C32H54N11O21P3S/c1-15(41-20(45)5-4-16(34)30(50)51)27(48)42-17(10-33)31(52)68-9-8-36-19(44)6-7-37-28(49)24(47)32(2,3)12-61-67(58,59)64-66(56,57)60-11-18-23(63-65(53,54)55)22(46)29(62-18)43-14-40-21-25(35)38-13-39-26(21)43/h13-18,22-24,29,46-47H,4-12,33-34H2,1-3H3,(H,36,44)(H,37,49)(H,41,45)(H,42,48)(H,50,51)(H,56,57)(H,58,59)(H2,35,38,39)(H2,53,54,55)/t15-,16-,17+,18-,22-,23-,24+,29-/m1/s1. The molecule has 32 nitrogen and oxygen atoms in total. The van der Waals surface area contributed by atoms with Crippen molar-refractivity contribution < 1.29 is 100.0 Å². The first kappa shape index (κ1) is 58.2. The second-order valence-electron chi connectivity index (χ2n) is 15.3. The lowest BCUT2D eigenvalue weighted by molar-refractivity contribution is -0.139. The summed E-state index contributed by atoms with van der Waals surface area (Å²) in [5, 5.41) is 39.3. The van der Waals surface area contributed by atoms with Gasteiger partial charge in [0.2, 0.25) is 28.7 Å². The summed E-state index contributed by atoms with van der Waals surface area (Å²) in [7, 11) is -16.6. The number of nitrogens with two attached hydrogens (primary N) is 3. The van der Waals surface area contributed by atoms with E-state index in [-0.39, 0.29) is 61.6 Å².